The van der Waals surface area contributed by atoms with E-state index >= 15 is 0 Å². The van der Waals surface area contributed by atoms with Crippen molar-refractivity contribution in [1.29, 1.82) is 0 Å². The van der Waals surface area contributed by atoms with Crippen molar-refractivity contribution in [2.24, 2.45) is 0 Å². The Morgan fingerprint density at radius 2 is 2.13 bits per heavy atom. The molecule has 0 aromatic carbocycles. The molecule has 0 aliphatic heterocycles. The molecule has 1 N–H and O–H groups in total. The van der Waals surface area contributed by atoms with Crippen molar-refractivity contribution in [3.63, 3.8) is 0 Å². The Kier molecular flexibility index (Phi) is 2.69. The normalized spacial score (nSPS) is 20.1. The number of aliphatic carboxylic acids is 1. The topological polar surface area (TPSA) is 55.1 Å². The first kappa shape index (κ1) is 10.5. The molecule has 1 aliphatic rings. The maximum absolute atomic E-state index is 11.4. The van der Waals surface area contributed by atoms with Gasteiger partial charge in [0.1, 0.15) is 0 Å². The van der Waals surface area contributed by atoms with Crippen LogP contribution in [-0.4, -0.2) is 20.9 Å². The lowest BCUT2D eigenvalue weighted by atomic mass is 9.82. The Labute approximate surface area is 92.8 Å². The lowest BCUT2D eigenvalue weighted by Gasteiger charge is -2.33. The molecule has 0 saturated heterocycles. The van der Waals surface area contributed by atoms with Crippen LogP contribution in [0.1, 0.15) is 32.1 Å². The second-order valence-corrected chi connectivity index (χ2v) is 4.44. The summed E-state index contributed by atoms with van der Waals surface area (Å²) in [5.74, 6) is -0.804. The molecule has 0 radical (unpaired) electrons. The molecule has 0 spiro atoms. The summed E-state index contributed by atoms with van der Waals surface area (Å²) in [6.07, 6.45) is 7.33. The van der Waals surface area contributed by atoms with E-state index in [0.29, 0.717) is 17.9 Å². The summed E-state index contributed by atoms with van der Waals surface area (Å²) in [6.45, 7) is 0. The zero-order valence-electron chi connectivity index (χ0n) is 8.32. The lowest BCUT2D eigenvalue weighted by molar-refractivity contribution is -0.150. The minimum Gasteiger partial charge on any atom is -0.479 e. The first-order valence-corrected chi connectivity index (χ1v) is 5.47. The van der Waals surface area contributed by atoms with Crippen LogP contribution in [0, 0.1) is 0 Å². The zero-order valence-corrected chi connectivity index (χ0v) is 9.07. The van der Waals surface area contributed by atoms with Crippen LogP contribution in [0.25, 0.3) is 0 Å². The van der Waals surface area contributed by atoms with Gasteiger partial charge in [0, 0.05) is 6.20 Å². The highest BCUT2D eigenvalue weighted by molar-refractivity contribution is 6.30. The molecule has 1 aromatic heterocycles. The van der Waals surface area contributed by atoms with Crippen molar-refractivity contribution in [1.82, 2.24) is 9.78 Å². The molecule has 0 atom stereocenters. The third-order valence-corrected chi connectivity index (χ3v) is 3.26. The highest BCUT2D eigenvalue weighted by Gasteiger charge is 2.42. The molecule has 5 heteroatoms. The predicted molar refractivity (Wildman–Crippen MR) is 55.9 cm³/mol. The van der Waals surface area contributed by atoms with Gasteiger partial charge < -0.3 is 5.11 Å². The molecule has 15 heavy (non-hydrogen) atoms. The average molecular weight is 229 g/mol. The number of hydrogen-bond acceptors (Lipinski definition) is 2. The standard InChI is InChI=1S/C10H13ClN2O2/c11-8-6-12-13(7-8)10(9(14)15)4-2-1-3-5-10/h6-7H,1-5H2,(H,14,15). The number of carboxylic acids is 1. The van der Waals surface area contributed by atoms with Crippen LogP contribution >= 0.6 is 11.6 Å². The quantitative estimate of drug-likeness (QED) is 0.845. The Morgan fingerprint density at radius 1 is 1.47 bits per heavy atom. The number of rotatable bonds is 2. The second-order valence-electron chi connectivity index (χ2n) is 4.00. The summed E-state index contributed by atoms with van der Waals surface area (Å²) in [6, 6.07) is 0. The van der Waals surface area contributed by atoms with Crippen molar-refractivity contribution in [2.75, 3.05) is 0 Å². The molecule has 2 rings (SSSR count). The summed E-state index contributed by atoms with van der Waals surface area (Å²) in [5, 5.41) is 13.9. The molecule has 1 heterocycles. The third-order valence-electron chi connectivity index (χ3n) is 3.07. The van der Waals surface area contributed by atoms with Gasteiger partial charge in [0.05, 0.1) is 11.2 Å². The molecule has 1 aliphatic carbocycles. The van der Waals surface area contributed by atoms with Crippen molar-refractivity contribution in [2.45, 2.75) is 37.6 Å². The molecule has 1 saturated carbocycles. The van der Waals surface area contributed by atoms with Gasteiger partial charge in [0.2, 0.25) is 0 Å². The molecular weight excluding hydrogens is 216 g/mol. The van der Waals surface area contributed by atoms with Gasteiger partial charge in [-0.1, -0.05) is 30.9 Å². The fourth-order valence-corrected chi connectivity index (χ4v) is 2.35. The largest absolute Gasteiger partial charge is 0.479 e. The smallest absolute Gasteiger partial charge is 0.331 e. The molecular formula is C10H13ClN2O2. The Hall–Kier alpha value is -1.03. The number of aromatic nitrogens is 2. The van der Waals surface area contributed by atoms with Gasteiger partial charge in [0.15, 0.2) is 5.54 Å². The van der Waals surface area contributed by atoms with E-state index in [4.69, 9.17) is 11.6 Å². The molecule has 0 amide bonds. The van der Waals surface area contributed by atoms with Gasteiger partial charge in [0.25, 0.3) is 0 Å². The monoisotopic (exact) mass is 228 g/mol. The summed E-state index contributed by atoms with van der Waals surface area (Å²) in [7, 11) is 0. The van der Waals surface area contributed by atoms with E-state index in [1.807, 2.05) is 0 Å². The van der Waals surface area contributed by atoms with E-state index < -0.39 is 11.5 Å². The summed E-state index contributed by atoms with van der Waals surface area (Å²) >= 11 is 5.77. The fraction of sp³-hybridized carbons (Fsp3) is 0.600. The van der Waals surface area contributed by atoms with Crippen molar-refractivity contribution in [3.8, 4) is 0 Å². The maximum Gasteiger partial charge on any atom is 0.331 e. The van der Waals surface area contributed by atoms with E-state index in [9.17, 15) is 9.90 Å². The van der Waals surface area contributed by atoms with Crippen molar-refractivity contribution >= 4 is 17.6 Å². The number of hydrogen-bond donors (Lipinski definition) is 1. The van der Waals surface area contributed by atoms with Crippen LogP contribution in [-0.2, 0) is 10.3 Å². The SMILES string of the molecule is O=C(O)C1(n2cc(Cl)cn2)CCCCC1. The van der Waals surface area contributed by atoms with Crippen molar-refractivity contribution < 1.29 is 9.90 Å². The minimum atomic E-state index is -0.870. The highest BCUT2D eigenvalue weighted by Crippen LogP contribution is 2.35. The van der Waals surface area contributed by atoms with Crippen LogP contribution in [0.2, 0.25) is 5.02 Å². The zero-order chi connectivity index (χ0) is 10.9. The van der Waals surface area contributed by atoms with E-state index in [0.717, 1.165) is 19.3 Å². The predicted octanol–water partition coefficient (Wildman–Crippen LogP) is 2.28. The van der Waals surface area contributed by atoms with Crippen molar-refractivity contribution in [3.05, 3.63) is 17.4 Å². The summed E-state index contributed by atoms with van der Waals surface area (Å²) < 4.78 is 1.51. The average Bonchev–Trinajstić information content (AvgIpc) is 2.66. The Bertz CT molecular complexity index is 369. The minimum absolute atomic E-state index is 0.487. The van der Waals surface area contributed by atoms with Crippen LogP contribution in [0.5, 0.6) is 0 Å². The van der Waals surface area contributed by atoms with Gasteiger partial charge in [-0.25, -0.2) is 4.79 Å². The summed E-state index contributed by atoms with van der Waals surface area (Å²) in [4.78, 5) is 11.4. The van der Waals surface area contributed by atoms with E-state index in [2.05, 4.69) is 5.10 Å². The number of carboxylic acid groups (broad SMARTS) is 1. The molecule has 0 bridgehead atoms. The molecule has 1 aromatic rings. The van der Waals surface area contributed by atoms with Gasteiger partial charge in [-0.15, -0.1) is 0 Å². The van der Waals surface area contributed by atoms with Crippen LogP contribution in [0.15, 0.2) is 12.4 Å². The highest BCUT2D eigenvalue weighted by atomic mass is 35.5. The molecule has 82 valence electrons. The van der Waals surface area contributed by atoms with Gasteiger partial charge in [-0.05, 0) is 12.8 Å². The third kappa shape index (κ3) is 1.74. The fourth-order valence-electron chi connectivity index (χ4n) is 2.21. The molecule has 0 unspecified atom stereocenters. The summed E-state index contributed by atoms with van der Waals surface area (Å²) in [5.41, 5.74) is -0.870. The number of carbonyl (C=O) groups is 1. The van der Waals surface area contributed by atoms with Gasteiger partial charge in [-0.3, -0.25) is 4.68 Å². The van der Waals surface area contributed by atoms with Crippen LogP contribution < -0.4 is 0 Å². The maximum atomic E-state index is 11.4. The molecule has 1 fully saturated rings. The first-order valence-electron chi connectivity index (χ1n) is 5.09. The first-order chi connectivity index (χ1) is 7.15. The Balaban J connectivity index is 2.37. The number of nitrogens with zero attached hydrogens (tertiary/aromatic N) is 2. The van der Waals surface area contributed by atoms with E-state index in [-0.39, 0.29) is 0 Å². The lowest BCUT2D eigenvalue weighted by Crippen LogP contribution is -2.43. The van der Waals surface area contributed by atoms with Gasteiger partial charge >= 0.3 is 5.97 Å². The molecule has 4 nitrogen and oxygen atoms in total. The number of halogens is 1. The second kappa shape index (κ2) is 3.85. The van der Waals surface area contributed by atoms with E-state index in [1.54, 1.807) is 6.20 Å². The van der Waals surface area contributed by atoms with Crippen LogP contribution in [0.3, 0.4) is 0 Å². The van der Waals surface area contributed by atoms with Crippen LogP contribution in [0.4, 0.5) is 0 Å². The van der Waals surface area contributed by atoms with Gasteiger partial charge in [-0.2, -0.15) is 5.10 Å². The van der Waals surface area contributed by atoms with E-state index in [1.165, 1.54) is 10.9 Å². The Morgan fingerprint density at radius 3 is 2.60 bits per heavy atom.